The topological polar surface area (TPSA) is 116 Å². The second-order valence-corrected chi connectivity index (χ2v) is 10.5. The zero-order valence-electron chi connectivity index (χ0n) is 17.1. The zero-order valence-corrected chi connectivity index (χ0v) is 20.4. The first-order valence-corrected chi connectivity index (χ1v) is 12.6. The van der Waals surface area contributed by atoms with Crippen LogP contribution in [0.5, 0.6) is 5.75 Å². The summed E-state index contributed by atoms with van der Waals surface area (Å²) in [4.78, 5) is 12.3. The summed E-state index contributed by atoms with van der Waals surface area (Å²) in [6.45, 7) is 1.45. The molecule has 2 aromatic carbocycles. The van der Waals surface area contributed by atoms with Gasteiger partial charge in [-0.2, -0.15) is 5.10 Å². The molecule has 0 aliphatic carbocycles. The van der Waals surface area contributed by atoms with E-state index in [0.29, 0.717) is 16.0 Å². The van der Waals surface area contributed by atoms with Crippen molar-refractivity contribution < 1.29 is 22.3 Å². The minimum atomic E-state index is -4.01. The molecular weight excluding hydrogens is 523 g/mol. The van der Waals surface area contributed by atoms with Gasteiger partial charge in [0.2, 0.25) is 15.7 Å². The zero-order chi connectivity index (χ0) is 23.5. The smallest absolute Gasteiger partial charge is 0.246 e. The van der Waals surface area contributed by atoms with E-state index >= 15 is 0 Å². The highest BCUT2D eigenvalue weighted by atomic mass is 79.9. The number of halogens is 2. The maximum Gasteiger partial charge on any atom is 0.246 e. The van der Waals surface area contributed by atoms with Crippen LogP contribution in [0.1, 0.15) is 6.92 Å². The Kier molecular flexibility index (Phi) is 7.47. The van der Waals surface area contributed by atoms with Crippen LogP contribution in [-0.2, 0) is 21.2 Å². The van der Waals surface area contributed by atoms with Gasteiger partial charge in [-0.25, -0.2) is 17.5 Å². The monoisotopic (exact) mass is 542 g/mol. The first-order chi connectivity index (χ1) is 15.2. The molecule has 3 rings (SSSR count). The minimum absolute atomic E-state index is 0.0156. The Morgan fingerprint density at radius 2 is 1.97 bits per heavy atom. The Balaban J connectivity index is 1.93. The summed E-state index contributed by atoms with van der Waals surface area (Å²) >= 11 is 4.34. The van der Waals surface area contributed by atoms with Crippen LogP contribution in [0.2, 0.25) is 0 Å². The lowest BCUT2D eigenvalue weighted by molar-refractivity contribution is -0.116. The lowest BCUT2D eigenvalue weighted by Crippen LogP contribution is -2.21. The average Bonchev–Trinajstić information content (AvgIpc) is 3.05. The van der Waals surface area contributed by atoms with Crippen LogP contribution in [-0.4, -0.2) is 37.0 Å². The number of methoxy groups -OCH3 is 1. The molecule has 0 atom stereocenters. The number of amides is 1. The number of rotatable bonds is 8. The molecule has 1 heterocycles. The first kappa shape index (κ1) is 24.1. The summed E-state index contributed by atoms with van der Waals surface area (Å²) in [5.41, 5.74) is 6.11. The summed E-state index contributed by atoms with van der Waals surface area (Å²) in [5, 5.41) is 6.85. The molecule has 0 fully saturated rings. The van der Waals surface area contributed by atoms with Gasteiger partial charge in [0.15, 0.2) is 0 Å². The highest BCUT2D eigenvalue weighted by Gasteiger charge is 2.30. The van der Waals surface area contributed by atoms with E-state index in [1.165, 1.54) is 55.3 Å². The Bertz CT molecular complexity index is 1250. The molecule has 0 saturated heterocycles. The van der Waals surface area contributed by atoms with Crippen LogP contribution in [0.15, 0.2) is 61.8 Å². The number of sulfone groups is 1. The molecular formula is C20H20BrFN4O4S2. The number of carbonyl (C=O) groups is 1. The SMILES string of the molecule is CCSc1nn(CC(=O)Nc2ccc(Br)cc2F)c(N)c1S(=O)(=O)c1ccc(OC)cc1. The number of carbonyl (C=O) groups excluding carboxylic acids is 1. The van der Waals surface area contributed by atoms with Crippen LogP contribution >= 0.6 is 27.7 Å². The molecule has 0 bridgehead atoms. The van der Waals surface area contributed by atoms with Gasteiger partial charge < -0.3 is 15.8 Å². The van der Waals surface area contributed by atoms with Crippen molar-refractivity contribution in [1.29, 1.82) is 0 Å². The van der Waals surface area contributed by atoms with Gasteiger partial charge in [0.25, 0.3) is 0 Å². The number of hydrogen-bond donors (Lipinski definition) is 2. The van der Waals surface area contributed by atoms with E-state index in [0.717, 1.165) is 4.68 Å². The Hall–Kier alpha value is -2.57. The predicted molar refractivity (Wildman–Crippen MR) is 124 cm³/mol. The average molecular weight is 543 g/mol. The third-order valence-corrected chi connectivity index (χ3v) is 7.64. The van der Waals surface area contributed by atoms with E-state index in [-0.39, 0.29) is 26.3 Å². The number of nitrogens with zero attached hydrogens (tertiary/aromatic N) is 2. The molecule has 8 nitrogen and oxygen atoms in total. The van der Waals surface area contributed by atoms with Crippen LogP contribution < -0.4 is 15.8 Å². The molecule has 1 aromatic heterocycles. The number of nitrogens with one attached hydrogen (secondary N) is 1. The fourth-order valence-corrected chi connectivity index (χ4v) is 5.72. The summed E-state index contributed by atoms with van der Waals surface area (Å²) in [7, 11) is -2.54. The summed E-state index contributed by atoms with van der Waals surface area (Å²) in [5.74, 6) is -0.360. The lowest BCUT2D eigenvalue weighted by Gasteiger charge is -2.09. The van der Waals surface area contributed by atoms with Crippen molar-refractivity contribution in [1.82, 2.24) is 9.78 Å². The largest absolute Gasteiger partial charge is 0.497 e. The summed E-state index contributed by atoms with van der Waals surface area (Å²) < 4.78 is 47.3. The molecule has 32 heavy (non-hydrogen) atoms. The van der Waals surface area contributed by atoms with Crippen molar-refractivity contribution in [3.63, 3.8) is 0 Å². The standard InChI is InChI=1S/C20H20BrFN4O4S2/c1-3-31-20-18(32(28,29)14-7-5-13(30-2)6-8-14)19(23)26(25-20)11-17(27)24-16-9-4-12(21)10-15(16)22/h4-10H,3,11,23H2,1-2H3,(H,24,27). The molecule has 0 aliphatic rings. The molecule has 0 saturated carbocycles. The van der Waals surface area contributed by atoms with E-state index in [9.17, 15) is 17.6 Å². The Morgan fingerprint density at radius 3 is 2.56 bits per heavy atom. The second kappa shape index (κ2) is 9.92. The molecule has 0 spiro atoms. The number of thioether (sulfide) groups is 1. The van der Waals surface area contributed by atoms with Crippen molar-refractivity contribution in [3.05, 3.63) is 52.8 Å². The van der Waals surface area contributed by atoms with Crippen molar-refractivity contribution >= 4 is 54.9 Å². The van der Waals surface area contributed by atoms with E-state index in [2.05, 4.69) is 26.3 Å². The Labute approximate surface area is 197 Å². The molecule has 0 radical (unpaired) electrons. The van der Waals surface area contributed by atoms with E-state index in [1.54, 1.807) is 6.07 Å². The first-order valence-electron chi connectivity index (χ1n) is 9.30. The van der Waals surface area contributed by atoms with Gasteiger partial charge in [-0.1, -0.05) is 22.9 Å². The normalized spacial score (nSPS) is 11.4. The number of aromatic nitrogens is 2. The van der Waals surface area contributed by atoms with Crippen LogP contribution in [0.3, 0.4) is 0 Å². The van der Waals surface area contributed by atoms with Gasteiger partial charge in [-0.15, -0.1) is 11.8 Å². The third kappa shape index (κ3) is 5.08. The van der Waals surface area contributed by atoms with Gasteiger partial charge in [0.1, 0.15) is 33.9 Å². The highest BCUT2D eigenvalue weighted by Crippen LogP contribution is 2.35. The van der Waals surface area contributed by atoms with Crippen molar-refractivity contribution in [2.24, 2.45) is 0 Å². The van der Waals surface area contributed by atoms with Gasteiger partial charge in [-0.05, 0) is 48.2 Å². The maximum absolute atomic E-state index is 14.0. The van der Waals surface area contributed by atoms with Gasteiger partial charge in [-0.3, -0.25) is 4.79 Å². The second-order valence-electron chi connectivity index (χ2n) is 6.46. The van der Waals surface area contributed by atoms with Gasteiger partial charge >= 0.3 is 0 Å². The fourth-order valence-electron chi connectivity index (χ4n) is 2.83. The van der Waals surface area contributed by atoms with Gasteiger partial charge in [0.05, 0.1) is 17.7 Å². The van der Waals surface area contributed by atoms with E-state index in [4.69, 9.17) is 10.5 Å². The fraction of sp³-hybridized carbons (Fsp3) is 0.200. The van der Waals surface area contributed by atoms with Crippen LogP contribution in [0, 0.1) is 5.82 Å². The summed E-state index contributed by atoms with van der Waals surface area (Å²) in [6.07, 6.45) is 0. The molecule has 3 N–H and O–H groups in total. The van der Waals surface area contributed by atoms with Crippen LogP contribution in [0.25, 0.3) is 0 Å². The molecule has 0 unspecified atom stereocenters. The highest BCUT2D eigenvalue weighted by molar-refractivity contribution is 9.10. The lowest BCUT2D eigenvalue weighted by atomic mass is 10.3. The van der Waals surface area contributed by atoms with Crippen molar-refractivity contribution in [3.8, 4) is 5.75 Å². The van der Waals surface area contributed by atoms with Crippen LogP contribution in [0.4, 0.5) is 15.9 Å². The van der Waals surface area contributed by atoms with Crippen molar-refractivity contribution in [2.75, 3.05) is 23.9 Å². The quantitative estimate of drug-likeness (QED) is 0.413. The number of nitrogens with two attached hydrogens (primary N) is 1. The number of benzene rings is 2. The predicted octanol–water partition coefficient (Wildman–Crippen LogP) is 3.96. The molecule has 170 valence electrons. The molecule has 1 amide bonds. The summed E-state index contributed by atoms with van der Waals surface area (Å²) in [6, 6.07) is 10.1. The molecule has 12 heteroatoms. The van der Waals surface area contributed by atoms with Gasteiger partial charge in [0, 0.05) is 4.47 Å². The van der Waals surface area contributed by atoms with Crippen molar-refractivity contribution in [2.45, 2.75) is 28.3 Å². The number of nitrogen functional groups attached to an aromatic ring is 1. The van der Waals surface area contributed by atoms with E-state index < -0.39 is 28.1 Å². The van der Waals surface area contributed by atoms with E-state index in [1.807, 2.05) is 6.92 Å². The molecule has 3 aromatic rings. The maximum atomic E-state index is 14.0. The number of hydrogen-bond acceptors (Lipinski definition) is 7. The minimum Gasteiger partial charge on any atom is -0.497 e. The number of anilines is 2. The third-order valence-electron chi connectivity index (χ3n) is 4.33. The Morgan fingerprint density at radius 1 is 1.28 bits per heavy atom. The molecule has 0 aliphatic heterocycles. The number of ether oxygens (including phenoxy) is 1.